The van der Waals surface area contributed by atoms with E-state index in [4.69, 9.17) is 0 Å². The topological polar surface area (TPSA) is 75.3 Å². The number of hydrogen-bond donors (Lipinski definition) is 2. The lowest BCUT2D eigenvalue weighted by atomic mass is 10.1. The molecule has 0 heterocycles. The van der Waals surface area contributed by atoms with Gasteiger partial charge in [-0.25, -0.2) is 13.1 Å². The number of amides is 1. The fourth-order valence-electron chi connectivity index (χ4n) is 2.42. The fraction of sp³-hybridized carbons (Fsp3) is 0.278. The maximum absolute atomic E-state index is 12.9. The summed E-state index contributed by atoms with van der Waals surface area (Å²) < 4.78 is 64.9. The summed E-state index contributed by atoms with van der Waals surface area (Å²) in [5, 5.41) is 2.27. The molecule has 2 aromatic rings. The number of aryl methyl sites for hydroxylation is 1. The number of carbonyl (C=O) groups is 1. The second-order valence-electron chi connectivity index (χ2n) is 5.74. The van der Waals surface area contributed by atoms with E-state index in [9.17, 15) is 26.4 Å². The highest BCUT2D eigenvalue weighted by Crippen LogP contribution is 2.34. The van der Waals surface area contributed by atoms with Crippen LogP contribution in [-0.2, 0) is 27.4 Å². The zero-order valence-corrected chi connectivity index (χ0v) is 15.3. The number of halogens is 3. The Balaban J connectivity index is 1.99. The van der Waals surface area contributed by atoms with E-state index in [1.165, 1.54) is 30.3 Å². The molecule has 2 aromatic carbocycles. The molecule has 0 saturated carbocycles. The molecule has 27 heavy (non-hydrogen) atoms. The Kier molecular flexibility index (Phi) is 6.61. The normalized spacial score (nSPS) is 12.0. The van der Waals surface area contributed by atoms with Crippen molar-refractivity contribution in [2.75, 3.05) is 11.9 Å². The van der Waals surface area contributed by atoms with E-state index in [1.54, 1.807) is 19.1 Å². The van der Waals surface area contributed by atoms with Crippen LogP contribution < -0.4 is 10.0 Å². The molecule has 0 aliphatic heterocycles. The van der Waals surface area contributed by atoms with Crippen LogP contribution in [0.3, 0.4) is 0 Å². The van der Waals surface area contributed by atoms with Gasteiger partial charge in [0.1, 0.15) is 0 Å². The average molecular weight is 400 g/mol. The molecule has 2 N–H and O–H groups in total. The minimum Gasteiger partial charge on any atom is -0.325 e. The Morgan fingerprint density at radius 1 is 1.04 bits per heavy atom. The zero-order chi connectivity index (χ0) is 20.1. The maximum Gasteiger partial charge on any atom is 0.418 e. The van der Waals surface area contributed by atoms with Crippen LogP contribution >= 0.6 is 0 Å². The van der Waals surface area contributed by atoms with Crippen molar-refractivity contribution in [2.45, 2.75) is 30.8 Å². The van der Waals surface area contributed by atoms with Crippen molar-refractivity contribution in [1.82, 2.24) is 4.72 Å². The summed E-state index contributed by atoms with van der Waals surface area (Å²) in [6, 6.07) is 10.7. The van der Waals surface area contributed by atoms with Crippen LogP contribution in [0.25, 0.3) is 0 Å². The molecule has 9 heteroatoms. The van der Waals surface area contributed by atoms with Gasteiger partial charge in [0.05, 0.1) is 16.1 Å². The molecule has 0 atom stereocenters. The molecule has 1 amide bonds. The molecule has 0 unspecified atom stereocenters. The van der Waals surface area contributed by atoms with Gasteiger partial charge in [-0.15, -0.1) is 0 Å². The molecular formula is C18H19F3N2O3S. The Morgan fingerprint density at radius 2 is 1.67 bits per heavy atom. The number of nitrogens with one attached hydrogen (secondary N) is 2. The van der Waals surface area contributed by atoms with Crippen molar-refractivity contribution in [3.05, 3.63) is 59.7 Å². The standard InChI is InChI=1S/C18H19F3N2O3S/c1-2-22-27(25,26)14-10-7-13(8-11-14)9-12-17(24)23-16-6-4-3-5-15(16)18(19,20)21/h3-8,10-11,22H,2,9,12H2,1H3,(H,23,24). The summed E-state index contributed by atoms with van der Waals surface area (Å²) in [7, 11) is -3.55. The molecule has 0 radical (unpaired) electrons. The van der Waals surface area contributed by atoms with E-state index >= 15 is 0 Å². The number of carbonyl (C=O) groups excluding carboxylic acids is 1. The van der Waals surface area contributed by atoms with Crippen LogP contribution in [0.15, 0.2) is 53.4 Å². The van der Waals surface area contributed by atoms with Crippen molar-refractivity contribution in [3.63, 3.8) is 0 Å². The molecule has 0 aromatic heterocycles. The Hall–Kier alpha value is -2.39. The maximum atomic E-state index is 12.9. The van der Waals surface area contributed by atoms with E-state index in [2.05, 4.69) is 10.0 Å². The summed E-state index contributed by atoms with van der Waals surface area (Å²) in [5.74, 6) is -0.559. The molecular weight excluding hydrogens is 381 g/mol. The van der Waals surface area contributed by atoms with Gasteiger partial charge in [-0.2, -0.15) is 13.2 Å². The third-order valence-corrected chi connectivity index (χ3v) is 5.28. The van der Waals surface area contributed by atoms with Crippen molar-refractivity contribution in [2.24, 2.45) is 0 Å². The minimum absolute atomic E-state index is 0.0362. The molecule has 0 saturated heterocycles. The first-order valence-corrected chi connectivity index (χ1v) is 9.66. The van der Waals surface area contributed by atoms with E-state index in [-0.39, 0.29) is 30.0 Å². The Labute approximate surface area is 155 Å². The summed E-state index contributed by atoms with van der Waals surface area (Å²) >= 11 is 0. The predicted molar refractivity (Wildman–Crippen MR) is 95.7 cm³/mol. The second-order valence-corrected chi connectivity index (χ2v) is 7.50. The molecule has 2 rings (SSSR count). The first-order valence-electron chi connectivity index (χ1n) is 8.18. The fourth-order valence-corrected chi connectivity index (χ4v) is 3.46. The summed E-state index contributed by atoms with van der Waals surface area (Å²) in [4.78, 5) is 12.1. The van der Waals surface area contributed by atoms with Gasteiger partial charge in [0.25, 0.3) is 0 Å². The lowest BCUT2D eigenvalue weighted by Gasteiger charge is -2.13. The van der Waals surface area contributed by atoms with Crippen LogP contribution in [0.4, 0.5) is 18.9 Å². The van der Waals surface area contributed by atoms with E-state index in [1.807, 2.05) is 0 Å². The number of sulfonamides is 1. The zero-order valence-electron chi connectivity index (χ0n) is 14.5. The van der Waals surface area contributed by atoms with Gasteiger partial charge in [-0.3, -0.25) is 4.79 Å². The van der Waals surface area contributed by atoms with Crippen molar-refractivity contribution in [1.29, 1.82) is 0 Å². The number of alkyl halides is 3. The van der Waals surface area contributed by atoms with E-state index < -0.39 is 27.7 Å². The lowest BCUT2D eigenvalue weighted by molar-refractivity contribution is -0.137. The molecule has 146 valence electrons. The van der Waals surface area contributed by atoms with Crippen LogP contribution in [0, 0.1) is 0 Å². The van der Waals surface area contributed by atoms with Crippen LogP contribution in [0.2, 0.25) is 0 Å². The number of rotatable bonds is 7. The predicted octanol–water partition coefficient (Wildman–Crippen LogP) is 3.57. The molecule has 5 nitrogen and oxygen atoms in total. The SMILES string of the molecule is CCNS(=O)(=O)c1ccc(CCC(=O)Nc2ccccc2C(F)(F)F)cc1. The van der Waals surface area contributed by atoms with Crippen LogP contribution in [0.5, 0.6) is 0 Å². The number of para-hydroxylation sites is 1. The van der Waals surface area contributed by atoms with Gasteiger partial charge in [0, 0.05) is 13.0 Å². The first-order chi connectivity index (χ1) is 12.6. The monoisotopic (exact) mass is 400 g/mol. The number of anilines is 1. The average Bonchev–Trinajstić information content (AvgIpc) is 2.60. The van der Waals surface area contributed by atoms with Crippen molar-refractivity contribution < 1.29 is 26.4 Å². The van der Waals surface area contributed by atoms with Gasteiger partial charge in [0.15, 0.2) is 0 Å². The summed E-state index contributed by atoms with van der Waals surface area (Å²) in [6.45, 7) is 1.94. The smallest absolute Gasteiger partial charge is 0.325 e. The molecule has 0 aliphatic rings. The van der Waals surface area contributed by atoms with E-state index in [0.29, 0.717) is 5.56 Å². The van der Waals surface area contributed by atoms with Gasteiger partial charge in [-0.1, -0.05) is 31.2 Å². The van der Waals surface area contributed by atoms with Gasteiger partial charge in [0.2, 0.25) is 15.9 Å². The van der Waals surface area contributed by atoms with Crippen molar-refractivity contribution in [3.8, 4) is 0 Å². The molecule has 0 aliphatic carbocycles. The number of benzene rings is 2. The highest BCUT2D eigenvalue weighted by atomic mass is 32.2. The van der Waals surface area contributed by atoms with Gasteiger partial charge < -0.3 is 5.32 Å². The summed E-state index contributed by atoms with van der Waals surface area (Å²) in [6.07, 6.45) is -4.33. The van der Waals surface area contributed by atoms with Gasteiger partial charge in [-0.05, 0) is 36.2 Å². The Bertz CT molecular complexity index is 895. The third-order valence-electron chi connectivity index (χ3n) is 3.72. The highest BCUT2D eigenvalue weighted by Gasteiger charge is 2.33. The van der Waals surface area contributed by atoms with E-state index in [0.717, 1.165) is 6.07 Å². The quantitative estimate of drug-likeness (QED) is 0.746. The molecule has 0 bridgehead atoms. The second kappa shape index (κ2) is 8.53. The molecule has 0 fully saturated rings. The summed E-state index contributed by atoms with van der Waals surface area (Å²) in [5.41, 5.74) is -0.497. The highest BCUT2D eigenvalue weighted by molar-refractivity contribution is 7.89. The molecule has 0 spiro atoms. The van der Waals surface area contributed by atoms with Gasteiger partial charge >= 0.3 is 6.18 Å². The van der Waals surface area contributed by atoms with Crippen LogP contribution in [0.1, 0.15) is 24.5 Å². The lowest BCUT2D eigenvalue weighted by Crippen LogP contribution is -2.23. The van der Waals surface area contributed by atoms with Crippen molar-refractivity contribution >= 4 is 21.6 Å². The Morgan fingerprint density at radius 3 is 2.26 bits per heavy atom. The minimum atomic E-state index is -4.56. The van der Waals surface area contributed by atoms with Crippen LogP contribution in [-0.4, -0.2) is 20.9 Å². The third kappa shape index (κ3) is 5.80. The largest absolute Gasteiger partial charge is 0.418 e. The number of hydrogen-bond acceptors (Lipinski definition) is 3. The first kappa shape index (κ1) is 20.9.